The van der Waals surface area contributed by atoms with E-state index < -0.39 is 5.41 Å². The summed E-state index contributed by atoms with van der Waals surface area (Å²) in [7, 11) is 0. The topological polar surface area (TPSA) is 79.4 Å². The van der Waals surface area contributed by atoms with Crippen molar-refractivity contribution in [2.24, 2.45) is 5.41 Å². The number of nitrogens with one attached hydrogen (secondary N) is 1. The highest BCUT2D eigenvalue weighted by Gasteiger charge is 2.39. The summed E-state index contributed by atoms with van der Waals surface area (Å²) in [5.74, 6) is -0.0311. The molecule has 7 rings (SSSR count). The van der Waals surface area contributed by atoms with E-state index in [0.29, 0.717) is 19.6 Å². The fourth-order valence-electron chi connectivity index (χ4n) is 5.92. The maximum Gasteiger partial charge on any atom is 0.252 e. The van der Waals surface area contributed by atoms with E-state index in [9.17, 15) is 15.0 Å². The molecule has 5 aromatic rings. The molecule has 4 heterocycles. The molecule has 31 heavy (non-hydrogen) atoms. The minimum absolute atomic E-state index is 0.0311. The molecular formula is C25H21N3O3. The van der Waals surface area contributed by atoms with E-state index in [1.807, 2.05) is 24.3 Å². The van der Waals surface area contributed by atoms with Gasteiger partial charge in [-0.3, -0.25) is 4.79 Å². The normalized spacial score (nSPS) is 17.2. The van der Waals surface area contributed by atoms with Gasteiger partial charge in [0.25, 0.3) is 5.91 Å². The van der Waals surface area contributed by atoms with Crippen LogP contribution in [0.5, 0.6) is 0 Å². The highest BCUT2D eigenvalue weighted by Crippen LogP contribution is 2.47. The highest BCUT2D eigenvalue weighted by atomic mass is 16.3. The monoisotopic (exact) mass is 411 g/mol. The Hall–Kier alpha value is -3.35. The van der Waals surface area contributed by atoms with Gasteiger partial charge < -0.3 is 24.7 Å². The molecule has 0 unspecified atom stereocenters. The number of amides is 1. The van der Waals surface area contributed by atoms with E-state index in [4.69, 9.17) is 0 Å². The van der Waals surface area contributed by atoms with Gasteiger partial charge in [0.15, 0.2) is 0 Å². The number of aromatic nitrogens is 2. The highest BCUT2D eigenvalue weighted by molar-refractivity contribution is 6.30. The second-order valence-corrected chi connectivity index (χ2v) is 9.01. The first kappa shape index (κ1) is 17.3. The predicted molar refractivity (Wildman–Crippen MR) is 120 cm³/mol. The van der Waals surface area contributed by atoms with Crippen LogP contribution in [0, 0.1) is 5.41 Å². The first-order valence-electron chi connectivity index (χ1n) is 10.6. The SMILES string of the molecule is O=C1NCc2c1c1c3ccccc3n3c1c1c2c2ccccc2n1CC(CO)(CO)C3. The standard InChI is InChI=1S/C25H21N3O3/c29-12-25(13-30)10-27-17-7-3-1-5-14(17)19-16-9-26-24(31)21(16)20-15-6-2-4-8-18(15)28(11-25)23(20)22(19)27/h1-8,29-30H,9-13H2,(H,26,31). The Balaban J connectivity index is 1.85. The lowest BCUT2D eigenvalue weighted by Crippen LogP contribution is -2.37. The van der Waals surface area contributed by atoms with Gasteiger partial charge in [0.2, 0.25) is 0 Å². The molecule has 0 saturated carbocycles. The van der Waals surface area contributed by atoms with Gasteiger partial charge >= 0.3 is 0 Å². The predicted octanol–water partition coefficient (Wildman–Crippen LogP) is 3.13. The van der Waals surface area contributed by atoms with Crippen LogP contribution < -0.4 is 5.32 Å². The molecule has 3 aromatic carbocycles. The molecule has 0 bridgehead atoms. The number of nitrogens with zero attached hydrogens (tertiary/aromatic N) is 2. The average Bonchev–Trinajstić information content (AvgIpc) is 3.40. The van der Waals surface area contributed by atoms with E-state index in [0.717, 1.165) is 54.7 Å². The van der Waals surface area contributed by atoms with Crippen LogP contribution in [0.1, 0.15) is 15.9 Å². The molecule has 2 aromatic heterocycles. The molecule has 154 valence electrons. The van der Waals surface area contributed by atoms with Crippen molar-refractivity contribution in [3.8, 4) is 0 Å². The smallest absolute Gasteiger partial charge is 0.252 e. The molecule has 6 heteroatoms. The third-order valence-electron chi connectivity index (χ3n) is 7.33. The quantitative estimate of drug-likeness (QED) is 0.418. The summed E-state index contributed by atoms with van der Waals surface area (Å²) in [5.41, 5.74) is 5.30. The Bertz CT molecular complexity index is 1590. The molecule has 1 amide bonds. The molecule has 2 aliphatic heterocycles. The second-order valence-electron chi connectivity index (χ2n) is 9.01. The largest absolute Gasteiger partial charge is 0.396 e. The fourth-order valence-corrected chi connectivity index (χ4v) is 5.92. The summed E-state index contributed by atoms with van der Waals surface area (Å²) in [6.07, 6.45) is 0. The van der Waals surface area contributed by atoms with Crippen molar-refractivity contribution in [1.29, 1.82) is 0 Å². The maximum absolute atomic E-state index is 13.1. The molecule has 0 radical (unpaired) electrons. The Kier molecular flexibility index (Phi) is 3.17. The van der Waals surface area contributed by atoms with Crippen molar-refractivity contribution in [2.45, 2.75) is 19.6 Å². The van der Waals surface area contributed by atoms with Crippen LogP contribution in [0.25, 0.3) is 43.6 Å². The van der Waals surface area contributed by atoms with Gasteiger partial charge in [-0.25, -0.2) is 0 Å². The van der Waals surface area contributed by atoms with Gasteiger partial charge in [-0.15, -0.1) is 0 Å². The van der Waals surface area contributed by atoms with Crippen molar-refractivity contribution < 1.29 is 15.0 Å². The Morgan fingerprint density at radius 1 is 0.839 bits per heavy atom. The van der Waals surface area contributed by atoms with Crippen molar-refractivity contribution >= 4 is 49.5 Å². The summed E-state index contributed by atoms with van der Waals surface area (Å²) < 4.78 is 4.47. The van der Waals surface area contributed by atoms with Crippen molar-refractivity contribution in [3.05, 3.63) is 59.7 Å². The number of carbonyl (C=O) groups excluding carboxylic acids is 1. The van der Waals surface area contributed by atoms with Crippen molar-refractivity contribution in [1.82, 2.24) is 14.5 Å². The summed E-state index contributed by atoms with van der Waals surface area (Å²) in [6.45, 7) is 1.25. The van der Waals surface area contributed by atoms with Crippen LogP contribution in [0.3, 0.4) is 0 Å². The van der Waals surface area contributed by atoms with Gasteiger partial charge in [0.1, 0.15) is 0 Å². The molecule has 2 aliphatic rings. The molecule has 0 aliphatic carbocycles. The lowest BCUT2D eigenvalue weighted by molar-refractivity contribution is 0.0301. The number of para-hydroxylation sites is 2. The number of hydrogen-bond acceptors (Lipinski definition) is 3. The zero-order valence-electron chi connectivity index (χ0n) is 16.9. The summed E-state index contributed by atoms with van der Waals surface area (Å²) >= 11 is 0. The number of hydrogen-bond donors (Lipinski definition) is 3. The van der Waals surface area contributed by atoms with E-state index >= 15 is 0 Å². The maximum atomic E-state index is 13.1. The summed E-state index contributed by atoms with van der Waals surface area (Å²) in [4.78, 5) is 13.1. The molecular weight excluding hydrogens is 390 g/mol. The number of aliphatic hydroxyl groups excluding tert-OH is 2. The van der Waals surface area contributed by atoms with E-state index in [-0.39, 0.29) is 19.1 Å². The average molecular weight is 411 g/mol. The number of rotatable bonds is 2. The molecule has 0 atom stereocenters. The van der Waals surface area contributed by atoms with E-state index in [1.165, 1.54) is 0 Å². The van der Waals surface area contributed by atoms with Crippen LogP contribution in [0.4, 0.5) is 0 Å². The van der Waals surface area contributed by atoms with Crippen molar-refractivity contribution in [2.75, 3.05) is 13.2 Å². The Morgan fingerprint density at radius 3 is 2.00 bits per heavy atom. The second kappa shape index (κ2) is 5.66. The zero-order chi connectivity index (χ0) is 20.9. The van der Waals surface area contributed by atoms with Crippen molar-refractivity contribution in [3.63, 3.8) is 0 Å². The van der Waals surface area contributed by atoms with E-state index in [2.05, 4.69) is 38.7 Å². The molecule has 6 nitrogen and oxygen atoms in total. The van der Waals surface area contributed by atoms with Gasteiger partial charge in [-0.05, 0) is 17.7 Å². The third-order valence-corrected chi connectivity index (χ3v) is 7.33. The number of benzene rings is 3. The lowest BCUT2D eigenvalue weighted by Gasteiger charge is -2.30. The molecule has 3 N–H and O–H groups in total. The van der Waals surface area contributed by atoms with Crippen LogP contribution in [0.15, 0.2) is 48.5 Å². The molecule has 0 saturated heterocycles. The fraction of sp³-hybridized carbons (Fsp3) is 0.240. The first-order chi connectivity index (χ1) is 15.2. The first-order valence-corrected chi connectivity index (χ1v) is 10.6. The van der Waals surface area contributed by atoms with Crippen LogP contribution in [-0.2, 0) is 19.6 Å². The Morgan fingerprint density at radius 2 is 1.39 bits per heavy atom. The number of carbonyl (C=O) groups is 1. The minimum atomic E-state index is -0.713. The van der Waals surface area contributed by atoms with Crippen LogP contribution in [-0.4, -0.2) is 38.5 Å². The van der Waals surface area contributed by atoms with Gasteiger partial charge in [-0.2, -0.15) is 0 Å². The van der Waals surface area contributed by atoms with Crippen LogP contribution in [0.2, 0.25) is 0 Å². The van der Waals surface area contributed by atoms with Crippen LogP contribution >= 0.6 is 0 Å². The number of aliphatic hydroxyl groups is 2. The van der Waals surface area contributed by atoms with Gasteiger partial charge in [-0.1, -0.05) is 36.4 Å². The number of fused-ring (bicyclic) bond motifs is 9. The zero-order valence-corrected chi connectivity index (χ0v) is 16.9. The van der Waals surface area contributed by atoms with Gasteiger partial charge in [0, 0.05) is 52.2 Å². The Labute approximate surface area is 177 Å². The van der Waals surface area contributed by atoms with E-state index in [1.54, 1.807) is 0 Å². The minimum Gasteiger partial charge on any atom is -0.396 e. The molecule has 0 spiro atoms. The lowest BCUT2D eigenvalue weighted by atomic mass is 9.89. The third kappa shape index (κ3) is 1.93. The summed E-state index contributed by atoms with van der Waals surface area (Å²) in [5, 5.41) is 28.1. The summed E-state index contributed by atoms with van der Waals surface area (Å²) in [6, 6.07) is 16.4. The van der Waals surface area contributed by atoms with Gasteiger partial charge in [0.05, 0.1) is 35.2 Å². The molecule has 0 fully saturated rings.